The lowest BCUT2D eigenvalue weighted by Gasteiger charge is -2.15. The van der Waals surface area contributed by atoms with Crippen molar-refractivity contribution in [3.8, 4) is 0 Å². The molecule has 4 rings (SSSR count). The zero-order valence-electron chi connectivity index (χ0n) is 20.3. The molecule has 1 saturated heterocycles. The molecule has 2 amide bonds. The van der Waals surface area contributed by atoms with E-state index in [1.807, 2.05) is 12.1 Å². The van der Waals surface area contributed by atoms with Gasteiger partial charge >= 0.3 is 12.1 Å². The standard InChI is InChI=1S/C25H31N7O5/c33-22(29-14-21(23(34)35)30-25(36)37-15-16-5-2-1-3-6-16)17-8-9-18-19(31-32-20(18)13-17)7-4-10-26-24-27-11-12-28-24/h1-3,5-6,8-9,13,21,24,26-28H,4,7,10-12,14-15H2,(H,29,33)(H,30,36)(H,31,32)(H,34,35). The Labute approximate surface area is 213 Å². The second-order valence-corrected chi connectivity index (χ2v) is 8.64. The number of nitrogens with zero attached hydrogens (tertiary/aromatic N) is 1. The number of alkyl carbamates (subject to hydrolysis) is 1. The Hall–Kier alpha value is -4.00. The minimum Gasteiger partial charge on any atom is -0.480 e. The first-order chi connectivity index (χ1) is 18.0. The van der Waals surface area contributed by atoms with Crippen molar-refractivity contribution in [1.82, 2.24) is 36.8 Å². The molecule has 37 heavy (non-hydrogen) atoms. The third-order valence-corrected chi connectivity index (χ3v) is 5.93. The third-order valence-electron chi connectivity index (χ3n) is 5.93. The topological polar surface area (TPSA) is 169 Å². The summed E-state index contributed by atoms with van der Waals surface area (Å²) < 4.78 is 5.06. The van der Waals surface area contributed by atoms with Crippen LogP contribution in [0, 0.1) is 0 Å². The number of hydrogen-bond acceptors (Lipinski definition) is 8. The number of ether oxygens (including phenoxy) is 1. The second-order valence-electron chi connectivity index (χ2n) is 8.64. The molecule has 1 unspecified atom stereocenters. The lowest BCUT2D eigenvalue weighted by molar-refractivity contribution is -0.139. The summed E-state index contributed by atoms with van der Waals surface area (Å²) in [5.74, 6) is -1.76. The number of carbonyl (C=O) groups is 3. The van der Waals surface area contributed by atoms with Gasteiger partial charge in [0.2, 0.25) is 0 Å². The highest BCUT2D eigenvalue weighted by Crippen LogP contribution is 2.19. The van der Waals surface area contributed by atoms with Gasteiger partial charge in [-0.1, -0.05) is 36.4 Å². The summed E-state index contributed by atoms with van der Waals surface area (Å²) in [6, 6.07) is 12.8. The predicted octanol–water partition coefficient (Wildman–Crippen LogP) is 0.671. The molecule has 0 saturated carbocycles. The van der Waals surface area contributed by atoms with E-state index in [-0.39, 0.29) is 19.4 Å². The number of nitrogens with one attached hydrogen (secondary N) is 6. The van der Waals surface area contributed by atoms with Gasteiger partial charge in [-0.2, -0.15) is 5.10 Å². The van der Waals surface area contributed by atoms with Crippen LogP contribution < -0.4 is 26.6 Å². The first kappa shape index (κ1) is 26.1. The van der Waals surface area contributed by atoms with Crippen LogP contribution in [0.15, 0.2) is 48.5 Å². The van der Waals surface area contributed by atoms with Gasteiger partial charge in [0.05, 0.1) is 11.2 Å². The Balaban J connectivity index is 1.25. The highest BCUT2D eigenvalue weighted by molar-refractivity contribution is 5.98. The molecule has 12 heteroatoms. The number of benzene rings is 2. The number of carboxylic acids is 1. The number of aliphatic carboxylic acids is 1. The average molecular weight is 510 g/mol. The number of carboxylic acid groups (broad SMARTS) is 1. The molecule has 7 N–H and O–H groups in total. The van der Waals surface area contributed by atoms with E-state index in [9.17, 15) is 19.5 Å². The quantitative estimate of drug-likeness (QED) is 0.173. The molecule has 0 aliphatic carbocycles. The molecule has 1 aliphatic heterocycles. The molecule has 3 aromatic rings. The Morgan fingerprint density at radius 2 is 1.89 bits per heavy atom. The molecule has 1 aromatic heterocycles. The maximum absolute atomic E-state index is 12.7. The van der Waals surface area contributed by atoms with Crippen molar-refractivity contribution in [1.29, 1.82) is 0 Å². The van der Waals surface area contributed by atoms with Gasteiger partial charge in [0, 0.05) is 30.6 Å². The Kier molecular flexibility index (Phi) is 9.03. The van der Waals surface area contributed by atoms with E-state index in [4.69, 9.17) is 4.74 Å². The van der Waals surface area contributed by atoms with E-state index in [1.54, 1.807) is 36.4 Å². The van der Waals surface area contributed by atoms with Gasteiger partial charge < -0.3 is 20.5 Å². The van der Waals surface area contributed by atoms with Crippen LogP contribution in [-0.2, 0) is 22.6 Å². The van der Waals surface area contributed by atoms with Crippen molar-refractivity contribution >= 4 is 28.9 Å². The van der Waals surface area contributed by atoms with E-state index < -0.39 is 24.0 Å². The van der Waals surface area contributed by atoms with Crippen molar-refractivity contribution in [2.75, 3.05) is 26.2 Å². The summed E-state index contributed by atoms with van der Waals surface area (Å²) in [7, 11) is 0. The monoisotopic (exact) mass is 509 g/mol. The highest BCUT2D eigenvalue weighted by Gasteiger charge is 2.22. The number of amides is 2. The Morgan fingerprint density at radius 1 is 1.11 bits per heavy atom. The normalized spacial score (nSPS) is 14.4. The van der Waals surface area contributed by atoms with Crippen LogP contribution >= 0.6 is 0 Å². The molecule has 1 aliphatic rings. The van der Waals surface area contributed by atoms with Crippen molar-refractivity contribution in [2.24, 2.45) is 0 Å². The molecule has 1 atom stereocenters. The molecule has 1 fully saturated rings. The third kappa shape index (κ3) is 7.49. The summed E-state index contributed by atoms with van der Waals surface area (Å²) in [5, 5.41) is 32.5. The summed E-state index contributed by atoms with van der Waals surface area (Å²) in [4.78, 5) is 36.3. The molecule has 2 heterocycles. The molecule has 0 radical (unpaired) electrons. The summed E-state index contributed by atoms with van der Waals surface area (Å²) in [6.45, 7) is 2.43. The van der Waals surface area contributed by atoms with Crippen molar-refractivity contribution in [2.45, 2.75) is 31.8 Å². The highest BCUT2D eigenvalue weighted by atomic mass is 16.5. The van der Waals surface area contributed by atoms with E-state index in [0.717, 1.165) is 49.1 Å². The first-order valence-electron chi connectivity index (χ1n) is 12.1. The number of aromatic amines is 1. The summed E-state index contributed by atoms with van der Waals surface area (Å²) in [5.41, 5.74) is 2.75. The number of rotatable bonds is 12. The molecular weight excluding hydrogens is 478 g/mol. The van der Waals surface area contributed by atoms with Gasteiger partial charge in [-0.25, -0.2) is 9.59 Å². The molecule has 0 bridgehead atoms. The number of fused-ring (bicyclic) bond motifs is 1. The van der Waals surface area contributed by atoms with Gasteiger partial charge in [-0.05, 0) is 37.1 Å². The maximum Gasteiger partial charge on any atom is 0.408 e. The van der Waals surface area contributed by atoms with Crippen LogP contribution in [0.5, 0.6) is 0 Å². The van der Waals surface area contributed by atoms with Crippen LogP contribution in [0.25, 0.3) is 10.9 Å². The summed E-state index contributed by atoms with van der Waals surface area (Å²) in [6.07, 6.45) is 0.938. The van der Waals surface area contributed by atoms with Gasteiger partial charge in [0.25, 0.3) is 5.91 Å². The van der Waals surface area contributed by atoms with E-state index in [0.29, 0.717) is 11.1 Å². The van der Waals surface area contributed by atoms with Gasteiger partial charge in [0.15, 0.2) is 0 Å². The lowest BCUT2D eigenvalue weighted by atomic mass is 10.1. The van der Waals surface area contributed by atoms with Crippen LogP contribution in [0.1, 0.15) is 28.0 Å². The van der Waals surface area contributed by atoms with Gasteiger partial charge in [-0.3, -0.25) is 25.8 Å². The molecule has 0 spiro atoms. The number of carbonyl (C=O) groups excluding carboxylic acids is 2. The van der Waals surface area contributed by atoms with E-state index in [1.165, 1.54) is 0 Å². The zero-order valence-corrected chi connectivity index (χ0v) is 20.3. The average Bonchev–Trinajstić information content (AvgIpc) is 3.57. The van der Waals surface area contributed by atoms with Gasteiger partial charge in [-0.15, -0.1) is 0 Å². The van der Waals surface area contributed by atoms with Gasteiger partial charge in [0.1, 0.15) is 18.9 Å². The van der Waals surface area contributed by atoms with E-state index >= 15 is 0 Å². The van der Waals surface area contributed by atoms with Crippen LogP contribution in [0.2, 0.25) is 0 Å². The van der Waals surface area contributed by atoms with Crippen molar-refractivity contribution in [3.05, 3.63) is 65.4 Å². The van der Waals surface area contributed by atoms with Crippen LogP contribution in [0.3, 0.4) is 0 Å². The predicted molar refractivity (Wildman–Crippen MR) is 136 cm³/mol. The Morgan fingerprint density at radius 3 is 2.65 bits per heavy atom. The first-order valence-corrected chi connectivity index (χ1v) is 12.1. The van der Waals surface area contributed by atoms with Crippen molar-refractivity contribution in [3.63, 3.8) is 0 Å². The molecule has 12 nitrogen and oxygen atoms in total. The smallest absolute Gasteiger partial charge is 0.408 e. The number of aryl methyl sites for hydroxylation is 1. The fraction of sp³-hybridized carbons (Fsp3) is 0.360. The van der Waals surface area contributed by atoms with Crippen molar-refractivity contribution < 1.29 is 24.2 Å². The number of H-pyrrole nitrogens is 1. The molecule has 196 valence electrons. The zero-order chi connectivity index (χ0) is 26.0. The number of hydrogen-bond donors (Lipinski definition) is 7. The van der Waals surface area contributed by atoms with Crippen LogP contribution in [0.4, 0.5) is 4.79 Å². The molecular formula is C25H31N7O5. The maximum atomic E-state index is 12.7. The SMILES string of the molecule is O=C(NC(CNC(=O)c1ccc2c(CCCNC3NCCN3)n[nH]c2c1)C(=O)O)OCc1ccccc1. The minimum absolute atomic E-state index is 0.00298. The fourth-order valence-electron chi connectivity index (χ4n) is 3.96. The second kappa shape index (κ2) is 12.8. The number of aromatic nitrogens is 2. The largest absolute Gasteiger partial charge is 0.480 e. The van der Waals surface area contributed by atoms with E-state index in [2.05, 4.69) is 36.8 Å². The Bertz CT molecular complexity index is 1210. The fourth-order valence-corrected chi connectivity index (χ4v) is 3.96. The molecule has 2 aromatic carbocycles. The summed E-state index contributed by atoms with van der Waals surface area (Å²) >= 11 is 0. The minimum atomic E-state index is -1.35. The van der Waals surface area contributed by atoms with Crippen LogP contribution in [-0.4, -0.2) is 71.8 Å². The lowest BCUT2D eigenvalue weighted by Crippen LogP contribution is -2.48.